The van der Waals surface area contributed by atoms with Gasteiger partial charge in [-0.25, -0.2) is 9.97 Å². The highest BCUT2D eigenvalue weighted by Gasteiger charge is 2.23. The highest BCUT2D eigenvalue weighted by atomic mass is 32.2. The molecule has 1 fully saturated rings. The van der Waals surface area contributed by atoms with E-state index in [0.29, 0.717) is 11.8 Å². The third kappa shape index (κ3) is 3.59. The third-order valence-electron chi connectivity index (χ3n) is 4.96. The first kappa shape index (κ1) is 17.7. The molecule has 24 heavy (non-hydrogen) atoms. The highest BCUT2D eigenvalue weighted by Crippen LogP contribution is 2.35. The van der Waals surface area contributed by atoms with Gasteiger partial charge in [0.15, 0.2) is 0 Å². The molecule has 2 aromatic rings. The van der Waals surface area contributed by atoms with Crippen molar-refractivity contribution in [1.29, 1.82) is 0 Å². The molecule has 0 bridgehead atoms. The van der Waals surface area contributed by atoms with Gasteiger partial charge in [0, 0.05) is 23.4 Å². The molecule has 1 aliphatic carbocycles. The van der Waals surface area contributed by atoms with Crippen LogP contribution >= 0.6 is 23.1 Å². The molecule has 2 heterocycles. The molecule has 0 spiro atoms. The number of rotatable bonds is 4. The van der Waals surface area contributed by atoms with Crippen molar-refractivity contribution >= 4 is 39.2 Å². The molecule has 4 nitrogen and oxygen atoms in total. The van der Waals surface area contributed by atoms with E-state index in [4.69, 9.17) is 0 Å². The second-order valence-electron chi connectivity index (χ2n) is 6.62. The number of carbonyl (C=O) groups is 1. The number of thioether (sulfide) groups is 1. The minimum Gasteiger partial charge on any atom is -0.342 e. The molecule has 130 valence electrons. The quantitative estimate of drug-likeness (QED) is 0.593. The summed E-state index contributed by atoms with van der Waals surface area (Å²) in [5.41, 5.74) is 1.24. The standard InChI is InChI=1S/C18H25N3OS2/c1-11-12(2)24-18-16(11)17(19-13(3)20-18)23-10-15(22)21(4)14-8-6-5-7-9-14/h14H,5-10H2,1-4H3. The van der Waals surface area contributed by atoms with Gasteiger partial charge in [-0.05, 0) is 39.2 Å². The Bertz CT molecular complexity index is 750. The largest absolute Gasteiger partial charge is 0.342 e. The molecular weight excluding hydrogens is 338 g/mol. The second-order valence-corrected chi connectivity index (χ2v) is 8.79. The zero-order chi connectivity index (χ0) is 17.3. The number of aromatic nitrogens is 2. The van der Waals surface area contributed by atoms with Gasteiger partial charge in [0.2, 0.25) is 5.91 Å². The summed E-state index contributed by atoms with van der Waals surface area (Å²) in [4.78, 5) is 26.0. The molecule has 6 heteroatoms. The van der Waals surface area contributed by atoms with Crippen molar-refractivity contribution < 1.29 is 4.79 Å². The second kappa shape index (κ2) is 7.40. The fourth-order valence-corrected chi connectivity index (χ4v) is 5.52. The Balaban J connectivity index is 1.74. The normalized spacial score (nSPS) is 15.8. The molecule has 0 N–H and O–H groups in total. The van der Waals surface area contributed by atoms with Crippen LogP contribution in [0.25, 0.3) is 10.2 Å². The lowest BCUT2D eigenvalue weighted by atomic mass is 9.94. The predicted octanol–water partition coefficient (Wildman–Crippen LogP) is 4.50. The molecule has 0 radical (unpaired) electrons. The molecule has 0 atom stereocenters. The first-order chi connectivity index (χ1) is 11.5. The molecule has 1 amide bonds. The maximum absolute atomic E-state index is 12.6. The summed E-state index contributed by atoms with van der Waals surface area (Å²) < 4.78 is 0. The minimum atomic E-state index is 0.209. The molecule has 1 aliphatic rings. The number of nitrogens with zero attached hydrogens (tertiary/aromatic N) is 3. The van der Waals surface area contributed by atoms with Crippen molar-refractivity contribution in [2.45, 2.75) is 63.9 Å². The molecule has 2 aromatic heterocycles. The average molecular weight is 364 g/mol. The van der Waals surface area contributed by atoms with E-state index >= 15 is 0 Å². The van der Waals surface area contributed by atoms with E-state index in [-0.39, 0.29) is 5.91 Å². The van der Waals surface area contributed by atoms with E-state index in [9.17, 15) is 4.79 Å². The lowest BCUT2D eigenvalue weighted by Gasteiger charge is -2.31. The molecule has 1 saturated carbocycles. The number of carbonyl (C=O) groups excluding carboxylic acids is 1. The predicted molar refractivity (Wildman–Crippen MR) is 102 cm³/mol. The monoisotopic (exact) mass is 363 g/mol. The summed E-state index contributed by atoms with van der Waals surface area (Å²) in [7, 11) is 1.96. The summed E-state index contributed by atoms with van der Waals surface area (Å²) in [5.74, 6) is 1.44. The van der Waals surface area contributed by atoms with Crippen LogP contribution in [0.1, 0.15) is 48.4 Å². The zero-order valence-corrected chi connectivity index (χ0v) is 16.5. The Labute approximate surface area is 152 Å². The van der Waals surface area contributed by atoms with E-state index in [2.05, 4.69) is 23.8 Å². The van der Waals surface area contributed by atoms with Crippen molar-refractivity contribution in [3.8, 4) is 0 Å². The van der Waals surface area contributed by atoms with Crippen molar-refractivity contribution in [2.24, 2.45) is 0 Å². The highest BCUT2D eigenvalue weighted by molar-refractivity contribution is 8.00. The number of aryl methyl sites for hydroxylation is 3. The van der Waals surface area contributed by atoms with Gasteiger partial charge in [0.05, 0.1) is 5.75 Å². The summed E-state index contributed by atoms with van der Waals surface area (Å²) >= 11 is 3.27. The Kier molecular flexibility index (Phi) is 5.45. The summed E-state index contributed by atoms with van der Waals surface area (Å²) in [6, 6.07) is 0.420. The van der Waals surface area contributed by atoms with Crippen molar-refractivity contribution in [3.63, 3.8) is 0 Å². The van der Waals surface area contributed by atoms with Gasteiger partial charge < -0.3 is 4.90 Å². The Morgan fingerprint density at radius 1 is 1.21 bits per heavy atom. The van der Waals surface area contributed by atoms with Crippen molar-refractivity contribution in [1.82, 2.24) is 14.9 Å². The van der Waals surface area contributed by atoms with Crippen LogP contribution in [0, 0.1) is 20.8 Å². The van der Waals surface area contributed by atoms with Gasteiger partial charge in [-0.15, -0.1) is 11.3 Å². The third-order valence-corrected chi connectivity index (χ3v) is 7.02. The van der Waals surface area contributed by atoms with Crippen LogP contribution < -0.4 is 0 Å². The SMILES string of the molecule is Cc1nc(SCC(=O)N(C)C2CCCCC2)c2c(C)c(C)sc2n1. The summed E-state index contributed by atoms with van der Waals surface area (Å²) in [6.45, 7) is 6.16. The molecule has 0 aliphatic heterocycles. The number of hydrogen-bond acceptors (Lipinski definition) is 5. The molecule has 3 rings (SSSR count). The van der Waals surface area contributed by atoms with Crippen LogP contribution in [0.2, 0.25) is 0 Å². The average Bonchev–Trinajstić information content (AvgIpc) is 2.86. The van der Waals surface area contributed by atoms with E-state index < -0.39 is 0 Å². The maximum atomic E-state index is 12.6. The number of amides is 1. The van der Waals surface area contributed by atoms with Gasteiger partial charge >= 0.3 is 0 Å². The fourth-order valence-electron chi connectivity index (χ4n) is 3.32. The lowest BCUT2D eigenvalue weighted by Crippen LogP contribution is -2.39. The van der Waals surface area contributed by atoms with Gasteiger partial charge in [-0.1, -0.05) is 31.0 Å². The first-order valence-corrected chi connectivity index (χ1v) is 10.4. The van der Waals surface area contributed by atoms with E-state index in [1.165, 1.54) is 29.7 Å². The van der Waals surface area contributed by atoms with Gasteiger partial charge in [0.25, 0.3) is 0 Å². The summed E-state index contributed by atoms with van der Waals surface area (Å²) in [5, 5.41) is 2.07. The Morgan fingerprint density at radius 2 is 1.92 bits per heavy atom. The lowest BCUT2D eigenvalue weighted by molar-refractivity contribution is -0.129. The van der Waals surface area contributed by atoms with Crippen LogP contribution in [-0.4, -0.2) is 39.6 Å². The van der Waals surface area contributed by atoms with E-state index in [1.807, 2.05) is 18.9 Å². The van der Waals surface area contributed by atoms with Gasteiger partial charge in [0.1, 0.15) is 15.7 Å². The fraction of sp³-hybridized carbons (Fsp3) is 0.611. The summed E-state index contributed by atoms with van der Waals surface area (Å²) in [6.07, 6.45) is 6.09. The molecule has 0 unspecified atom stereocenters. The topological polar surface area (TPSA) is 46.1 Å². The Morgan fingerprint density at radius 3 is 2.62 bits per heavy atom. The number of hydrogen-bond donors (Lipinski definition) is 0. The van der Waals surface area contributed by atoms with Crippen LogP contribution in [0.3, 0.4) is 0 Å². The van der Waals surface area contributed by atoms with Crippen molar-refractivity contribution in [2.75, 3.05) is 12.8 Å². The first-order valence-electron chi connectivity index (χ1n) is 8.60. The minimum absolute atomic E-state index is 0.209. The van der Waals surface area contributed by atoms with Crippen molar-refractivity contribution in [3.05, 3.63) is 16.3 Å². The maximum Gasteiger partial charge on any atom is 0.232 e. The van der Waals surface area contributed by atoms with Gasteiger partial charge in [-0.3, -0.25) is 4.79 Å². The van der Waals surface area contributed by atoms with Crippen LogP contribution in [0.5, 0.6) is 0 Å². The molecular formula is C18H25N3OS2. The molecule has 0 saturated heterocycles. The number of fused-ring (bicyclic) bond motifs is 1. The molecule has 0 aromatic carbocycles. The van der Waals surface area contributed by atoms with Gasteiger partial charge in [-0.2, -0.15) is 0 Å². The van der Waals surface area contributed by atoms with Crippen LogP contribution in [0.15, 0.2) is 5.03 Å². The van der Waals surface area contributed by atoms with E-state index in [0.717, 1.165) is 33.9 Å². The number of thiophene rings is 1. The zero-order valence-electron chi connectivity index (χ0n) is 14.9. The van der Waals surface area contributed by atoms with Crippen LogP contribution in [0.4, 0.5) is 0 Å². The van der Waals surface area contributed by atoms with Crippen LogP contribution in [-0.2, 0) is 4.79 Å². The Hall–Kier alpha value is -1.14. The smallest absolute Gasteiger partial charge is 0.232 e. The van der Waals surface area contributed by atoms with E-state index in [1.54, 1.807) is 23.1 Å².